The number of hydrogen-bond donors (Lipinski definition) is 1. The molecule has 7 nitrogen and oxygen atoms in total. The van der Waals surface area contributed by atoms with Crippen molar-refractivity contribution in [2.75, 3.05) is 32.6 Å². The lowest BCUT2D eigenvalue weighted by Crippen LogP contribution is -2.47. The minimum absolute atomic E-state index is 0.0233. The molecule has 0 aliphatic rings. The summed E-state index contributed by atoms with van der Waals surface area (Å²) < 4.78 is 10.8. The van der Waals surface area contributed by atoms with Gasteiger partial charge in [0.25, 0.3) is 0 Å². The van der Waals surface area contributed by atoms with Crippen molar-refractivity contribution in [3.63, 3.8) is 0 Å². The lowest BCUT2D eigenvalue weighted by atomic mass is 10.1. The van der Waals surface area contributed by atoms with Crippen LogP contribution in [-0.4, -0.2) is 55.1 Å². The van der Waals surface area contributed by atoms with Gasteiger partial charge in [0.2, 0.25) is 5.91 Å². The highest BCUT2D eigenvalue weighted by atomic mass is 32.1. The summed E-state index contributed by atoms with van der Waals surface area (Å²) in [4.78, 5) is 32.9. The second-order valence-electron chi connectivity index (χ2n) is 9.95. The number of anilines is 1. The Balaban J connectivity index is 1.51. The highest BCUT2D eigenvalue weighted by Gasteiger charge is 2.24. The summed E-state index contributed by atoms with van der Waals surface area (Å²) in [5, 5.41) is 5.04. The summed E-state index contributed by atoms with van der Waals surface area (Å²) in [5.41, 5.74) is 1.76. The summed E-state index contributed by atoms with van der Waals surface area (Å²) in [6.07, 6.45) is 0.639. The Labute approximate surface area is 240 Å². The summed E-state index contributed by atoms with van der Waals surface area (Å²) in [6.45, 7) is 6.87. The average molecular weight is 560 g/mol. The number of rotatable bonds is 11. The number of nitrogens with zero attached hydrogens (tertiary/aromatic N) is 2. The molecular formula is C32H37N3O4S. The molecule has 0 fully saturated rings. The third kappa shape index (κ3) is 7.12. The van der Waals surface area contributed by atoms with Crippen molar-refractivity contribution in [2.24, 2.45) is 0 Å². The summed E-state index contributed by atoms with van der Waals surface area (Å²) in [7, 11) is 3.22. The van der Waals surface area contributed by atoms with E-state index in [-0.39, 0.29) is 24.5 Å². The lowest BCUT2D eigenvalue weighted by molar-refractivity contribution is -0.132. The van der Waals surface area contributed by atoms with Crippen LogP contribution in [0, 0.1) is 6.92 Å². The van der Waals surface area contributed by atoms with Gasteiger partial charge in [0, 0.05) is 27.7 Å². The fourth-order valence-electron chi connectivity index (χ4n) is 4.61. The van der Waals surface area contributed by atoms with Gasteiger partial charge in [0.1, 0.15) is 6.54 Å². The van der Waals surface area contributed by atoms with Crippen molar-refractivity contribution in [3.05, 3.63) is 88.1 Å². The van der Waals surface area contributed by atoms with Crippen LogP contribution in [0.4, 0.5) is 10.5 Å². The molecule has 1 heterocycles. The average Bonchev–Trinajstić information content (AvgIpc) is 3.37. The van der Waals surface area contributed by atoms with Crippen LogP contribution in [0.5, 0.6) is 11.5 Å². The Morgan fingerprint density at radius 2 is 1.68 bits per heavy atom. The fraction of sp³-hybridized carbons (Fsp3) is 0.312. The van der Waals surface area contributed by atoms with Crippen LogP contribution in [0.25, 0.3) is 10.8 Å². The van der Waals surface area contributed by atoms with Crippen molar-refractivity contribution in [1.82, 2.24) is 9.80 Å². The Bertz CT molecular complexity index is 1460. The van der Waals surface area contributed by atoms with Gasteiger partial charge in [0.15, 0.2) is 11.5 Å². The number of thiophene rings is 1. The molecular weight excluding hydrogens is 522 g/mol. The van der Waals surface area contributed by atoms with Crippen LogP contribution in [0.1, 0.15) is 29.2 Å². The topological polar surface area (TPSA) is 71.1 Å². The number of urea groups is 1. The molecule has 210 valence electrons. The smallest absolute Gasteiger partial charge is 0.322 e. The molecule has 40 heavy (non-hydrogen) atoms. The fourth-order valence-corrected chi connectivity index (χ4v) is 5.51. The molecule has 0 bridgehead atoms. The van der Waals surface area contributed by atoms with Gasteiger partial charge in [-0.2, -0.15) is 0 Å². The minimum atomic E-state index is -0.300. The van der Waals surface area contributed by atoms with Crippen LogP contribution < -0.4 is 14.8 Å². The second kappa shape index (κ2) is 13.3. The predicted molar refractivity (Wildman–Crippen MR) is 163 cm³/mol. The van der Waals surface area contributed by atoms with Gasteiger partial charge in [-0.25, -0.2) is 4.79 Å². The van der Waals surface area contributed by atoms with E-state index in [1.165, 1.54) is 4.88 Å². The number of amides is 3. The molecule has 0 saturated heterocycles. The Morgan fingerprint density at radius 1 is 0.925 bits per heavy atom. The molecule has 4 rings (SSSR count). The van der Waals surface area contributed by atoms with E-state index in [0.29, 0.717) is 31.0 Å². The molecule has 0 unspecified atom stereocenters. The van der Waals surface area contributed by atoms with Crippen molar-refractivity contribution in [1.29, 1.82) is 0 Å². The van der Waals surface area contributed by atoms with Gasteiger partial charge in [-0.05, 0) is 68.5 Å². The van der Waals surface area contributed by atoms with E-state index in [1.54, 1.807) is 30.5 Å². The molecule has 1 N–H and O–H groups in total. The van der Waals surface area contributed by atoms with E-state index in [1.807, 2.05) is 79.4 Å². The number of carbonyl (C=O) groups excluding carboxylic acids is 2. The lowest BCUT2D eigenvalue weighted by Gasteiger charge is -2.30. The first-order valence-electron chi connectivity index (χ1n) is 13.4. The first kappa shape index (κ1) is 29.0. The van der Waals surface area contributed by atoms with Gasteiger partial charge in [0.05, 0.1) is 26.5 Å². The molecule has 3 amide bonds. The molecule has 4 aromatic rings. The normalized spacial score (nSPS) is 10.9. The zero-order valence-electron chi connectivity index (χ0n) is 23.8. The van der Waals surface area contributed by atoms with Crippen LogP contribution >= 0.6 is 11.3 Å². The summed E-state index contributed by atoms with van der Waals surface area (Å²) >= 11 is 1.68. The maximum Gasteiger partial charge on any atom is 0.322 e. The molecule has 0 radical (unpaired) electrons. The third-order valence-corrected chi connectivity index (χ3v) is 7.82. The molecule has 1 aromatic heterocycles. The summed E-state index contributed by atoms with van der Waals surface area (Å²) in [6, 6.07) is 23.2. The zero-order valence-corrected chi connectivity index (χ0v) is 24.6. The quantitative estimate of drug-likeness (QED) is 0.221. The van der Waals surface area contributed by atoms with E-state index in [9.17, 15) is 9.59 Å². The van der Waals surface area contributed by atoms with Gasteiger partial charge in [-0.15, -0.1) is 11.3 Å². The molecule has 3 aromatic carbocycles. The van der Waals surface area contributed by atoms with E-state index in [2.05, 4.69) is 24.4 Å². The molecule has 8 heteroatoms. The van der Waals surface area contributed by atoms with Crippen LogP contribution in [0.15, 0.2) is 72.8 Å². The van der Waals surface area contributed by atoms with Crippen molar-refractivity contribution in [2.45, 2.75) is 39.8 Å². The monoisotopic (exact) mass is 559 g/mol. The van der Waals surface area contributed by atoms with E-state index in [4.69, 9.17) is 9.47 Å². The number of hydrogen-bond acceptors (Lipinski definition) is 5. The Hall–Kier alpha value is -4.04. The molecule has 0 aliphatic carbocycles. The summed E-state index contributed by atoms with van der Waals surface area (Å²) in [5.74, 6) is 1.22. The van der Waals surface area contributed by atoms with Crippen molar-refractivity contribution in [3.8, 4) is 11.5 Å². The number of carbonyl (C=O) groups is 2. The maximum atomic E-state index is 13.7. The zero-order chi connectivity index (χ0) is 28.6. The van der Waals surface area contributed by atoms with E-state index in [0.717, 1.165) is 26.9 Å². The van der Waals surface area contributed by atoms with Crippen LogP contribution in [-0.2, 0) is 17.8 Å². The Morgan fingerprint density at radius 3 is 2.38 bits per heavy atom. The first-order valence-corrected chi connectivity index (χ1v) is 14.2. The number of nitrogens with one attached hydrogen (secondary N) is 1. The number of benzene rings is 3. The molecule has 0 saturated carbocycles. The minimum Gasteiger partial charge on any atom is -0.493 e. The van der Waals surface area contributed by atoms with E-state index < -0.39 is 0 Å². The maximum absolute atomic E-state index is 13.7. The number of fused-ring (bicyclic) bond motifs is 1. The van der Waals surface area contributed by atoms with Crippen molar-refractivity contribution >= 4 is 39.7 Å². The number of aryl methyl sites for hydroxylation is 1. The SMILES string of the molecule is COc1ccc(CCN(Cc2ccc(C)s2)C(=O)CN(C(=O)Nc2cccc3ccccc23)C(C)C)cc1OC. The second-order valence-corrected chi connectivity index (χ2v) is 11.3. The highest BCUT2D eigenvalue weighted by Crippen LogP contribution is 2.28. The van der Waals surface area contributed by atoms with Crippen LogP contribution in [0.3, 0.4) is 0 Å². The highest BCUT2D eigenvalue weighted by molar-refractivity contribution is 7.11. The molecule has 0 aliphatic heterocycles. The number of methoxy groups -OCH3 is 2. The first-order chi connectivity index (χ1) is 19.3. The van der Waals surface area contributed by atoms with Crippen molar-refractivity contribution < 1.29 is 19.1 Å². The predicted octanol–water partition coefficient (Wildman–Crippen LogP) is 6.74. The molecule has 0 atom stereocenters. The van der Waals surface area contributed by atoms with Gasteiger partial charge >= 0.3 is 6.03 Å². The largest absolute Gasteiger partial charge is 0.493 e. The third-order valence-electron chi connectivity index (χ3n) is 6.83. The van der Waals surface area contributed by atoms with E-state index >= 15 is 0 Å². The Kier molecular flexibility index (Phi) is 9.66. The van der Waals surface area contributed by atoms with Crippen LogP contribution in [0.2, 0.25) is 0 Å². The molecule has 0 spiro atoms. The van der Waals surface area contributed by atoms with Gasteiger partial charge in [-0.3, -0.25) is 4.79 Å². The standard InChI is InChI=1S/C32H37N3O4S/c1-22(2)35(32(37)33-28-12-8-10-25-9-6-7-11-27(25)28)21-31(36)34(20-26-15-13-23(3)40-26)18-17-24-14-16-29(38-4)30(19-24)39-5/h6-16,19,22H,17-18,20-21H2,1-5H3,(H,33,37). The van der Waals surface area contributed by atoms with Gasteiger partial charge < -0.3 is 24.6 Å². The van der Waals surface area contributed by atoms with Gasteiger partial charge in [-0.1, -0.05) is 42.5 Å². The number of ether oxygens (including phenoxy) is 2.